The van der Waals surface area contributed by atoms with Crippen LogP contribution in [0.3, 0.4) is 0 Å². The van der Waals surface area contributed by atoms with E-state index in [-0.39, 0.29) is 11.8 Å². The van der Waals surface area contributed by atoms with Crippen LogP contribution >= 0.6 is 0 Å². The lowest BCUT2D eigenvalue weighted by Crippen LogP contribution is -2.74. The first-order chi connectivity index (χ1) is 9.53. The molecule has 3 rings (SSSR count). The SMILES string of the molecule is CC1(C2CC3C=CC2C3)OCOC(O)(C(F)(F)F)C1(F)F. The Kier molecular flexibility index (Phi) is 3.01. The average Bonchev–Trinajstić information content (AvgIpc) is 2.97. The molecule has 1 saturated carbocycles. The van der Waals surface area contributed by atoms with Crippen LogP contribution in [0.2, 0.25) is 0 Å². The van der Waals surface area contributed by atoms with Crippen LogP contribution in [0.15, 0.2) is 12.2 Å². The van der Waals surface area contributed by atoms with E-state index in [1.807, 2.05) is 6.08 Å². The molecule has 5 unspecified atom stereocenters. The molecule has 5 atom stereocenters. The highest BCUT2D eigenvalue weighted by Gasteiger charge is 2.81. The third-order valence-electron chi connectivity index (χ3n) is 5.05. The van der Waals surface area contributed by atoms with Crippen molar-refractivity contribution in [3.05, 3.63) is 12.2 Å². The summed E-state index contributed by atoms with van der Waals surface area (Å²) in [4.78, 5) is 0. The molecule has 1 N–H and O–H groups in total. The van der Waals surface area contributed by atoms with Gasteiger partial charge in [0.2, 0.25) is 0 Å². The van der Waals surface area contributed by atoms with Gasteiger partial charge in [-0.2, -0.15) is 22.0 Å². The third kappa shape index (κ3) is 1.75. The van der Waals surface area contributed by atoms with Crippen LogP contribution < -0.4 is 0 Å². The first kappa shape index (κ1) is 15.2. The van der Waals surface area contributed by atoms with Gasteiger partial charge in [-0.15, -0.1) is 0 Å². The molecular weight excluding hydrogens is 299 g/mol. The number of rotatable bonds is 1. The third-order valence-corrected chi connectivity index (χ3v) is 5.05. The second kappa shape index (κ2) is 4.17. The maximum atomic E-state index is 14.5. The van der Waals surface area contributed by atoms with Gasteiger partial charge in [-0.25, -0.2) is 0 Å². The number of aliphatic hydroxyl groups is 1. The van der Waals surface area contributed by atoms with Gasteiger partial charge >= 0.3 is 17.9 Å². The highest BCUT2D eigenvalue weighted by Crippen LogP contribution is 2.59. The topological polar surface area (TPSA) is 38.7 Å². The van der Waals surface area contributed by atoms with E-state index < -0.39 is 36.2 Å². The molecule has 120 valence electrons. The van der Waals surface area contributed by atoms with Crippen LogP contribution in [-0.4, -0.2) is 35.4 Å². The summed E-state index contributed by atoms with van der Waals surface area (Å²) in [6.45, 7) is -0.0921. The van der Waals surface area contributed by atoms with Crippen LogP contribution in [-0.2, 0) is 9.47 Å². The van der Waals surface area contributed by atoms with Crippen molar-refractivity contribution in [1.82, 2.24) is 0 Å². The van der Waals surface area contributed by atoms with Crippen molar-refractivity contribution in [2.24, 2.45) is 17.8 Å². The minimum absolute atomic E-state index is 0.0815. The summed E-state index contributed by atoms with van der Waals surface area (Å²) < 4.78 is 76.7. The number of hydrogen-bond donors (Lipinski definition) is 1. The number of fused-ring (bicyclic) bond motifs is 2. The minimum atomic E-state index is -5.62. The van der Waals surface area contributed by atoms with Crippen molar-refractivity contribution in [2.75, 3.05) is 6.79 Å². The Bertz CT molecular complexity index is 477. The Morgan fingerprint density at radius 3 is 2.29 bits per heavy atom. The molecule has 0 amide bonds. The first-order valence-corrected chi connectivity index (χ1v) is 6.66. The van der Waals surface area contributed by atoms with E-state index in [1.165, 1.54) is 0 Å². The molecule has 0 aromatic rings. The normalized spacial score (nSPS) is 48.8. The molecule has 0 aromatic carbocycles. The van der Waals surface area contributed by atoms with Crippen LogP contribution in [0.5, 0.6) is 0 Å². The molecule has 0 aromatic heterocycles. The molecule has 1 heterocycles. The fourth-order valence-corrected chi connectivity index (χ4v) is 3.77. The Morgan fingerprint density at radius 2 is 1.81 bits per heavy atom. The van der Waals surface area contributed by atoms with Crippen molar-refractivity contribution in [1.29, 1.82) is 0 Å². The Hall–Kier alpha value is -0.730. The second-order valence-electron chi connectivity index (χ2n) is 6.12. The van der Waals surface area contributed by atoms with Crippen molar-refractivity contribution in [2.45, 2.75) is 43.3 Å². The molecule has 2 aliphatic carbocycles. The van der Waals surface area contributed by atoms with E-state index in [9.17, 15) is 27.1 Å². The summed E-state index contributed by atoms with van der Waals surface area (Å²) >= 11 is 0. The Balaban J connectivity index is 2.00. The molecule has 21 heavy (non-hydrogen) atoms. The number of ether oxygens (including phenoxy) is 2. The lowest BCUT2D eigenvalue weighted by atomic mass is 9.72. The predicted molar refractivity (Wildman–Crippen MR) is 60.2 cm³/mol. The number of allylic oxidation sites excluding steroid dienone is 2. The summed E-state index contributed by atoms with van der Waals surface area (Å²) in [5.41, 5.74) is -2.43. The summed E-state index contributed by atoms with van der Waals surface area (Å²) in [5, 5.41) is 9.51. The van der Waals surface area contributed by atoms with Crippen molar-refractivity contribution in [3.8, 4) is 0 Å². The molecule has 3 nitrogen and oxygen atoms in total. The van der Waals surface area contributed by atoms with Crippen molar-refractivity contribution < 1.29 is 36.5 Å². The highest BCUT2D eigenvalue weighted by molar-refractivity contribution is 5.18. The van der Waals surface area contributed by atoms with Crippen LogP contribution in [0.25, 0.3) is 0 Å². The highest BCUT2D eigenvalue weighted by atomic mass is 19.4. The number of alkyl halides is 5. The molecule has 1 saturated heterocycles. The summed E-state index contributed by atoms with van der Waals surface area (Å²) in [5.74, 6) is -10.1. The lowest BCUT2D eigenvalue weighted by molar-refractivity contribution is -0.505. The van der Waals surface area contributed by atoms with Crippen molar-refractivity contribution in [3.63, 3.8) is 0 Å². The van der Waals surface area contributed by atoms with Gasteiger partial charge in [0, 0.05) is 5.92 Å². The molecule has 3 aliphatic rings. The predicted octanol–water partition coefficient (Wildman–Crippen LogP) is 2.85. The molecule has 2 bridgehead atoms. The van der Waals surface area contributed by atoms with Crippen LogP contribution in [0.4, 0.5) is 22.0 Å². The van der Waals surface area contributed by atoms with E-state index >= 15 is 0 Å². The second-order valence-corrected chi connectivity index (χ2v) is 6.12. The zero-order valence-electron chi connectivity index (χ0n) is 11.2. The quantitative estimate of drug-likeness (QED) is 0.597. The van der Waals surface area contributed by atoms with Crippen LogP contribution in [0, 0.1) is 17.8 Å². The first-order valence-electron chi connectivity index (χ1n) is 6.66. The van der Waals surface area contributed by atoms with E-state index in [4.69, 9.17) is 4.74 Å². The zero-order chi connectivity index (χ0) is 15.7. The Labute approximate surface area is 117 Å². The van der Waals surface area contributed by atoms with Crippen molar-refractivity contribution >= 4 is 0 Å². The van der Waals surface area contributed by atoms with E-state index in [0.717, 1.165) is 6.92 Å². The maximum Gasteiger partial charge on any atom is 0.449 e. The lowest BCUT2D eigenvalue weighted by Gasteiger charge is -2.52. The van der Waals surface area contributed by atoms with Gasteiger partial charge in [0.05, 0.1) is 0 Å². The average molecular weight is 314 g/mol. The minimum Gasteiger partial charge on any atom is -0.354 e. The summed E-state index contributed by atoms with van der Waals surface area (Å²) in [7, 11) is 0. The summed E-state index contributed by atoms with van der Waals surface area (Å²) in [6, 6.07) is 0. The van der Waals surface area contributed by atoms with Gasteiger partial charge in [0.15, 0.2) is 6.79 Å². The molecule has 2 fully saturated rings. The van der Waals surface area contributed by atoms with Gasteiger partial charge in [0.1, 0.15) is 5.60 Å². The zero-order valence-corrected chi connectivity index (χ0v) is 11.2. The Morgan fingerprint density at radius 1 is 1.14 bits per heavy atom. The van der Waals surface area contributed by atoms with E-state index in [1.54, 1.807) is 6.08 Å². The van der Waals surface area contributed by atoms with Gasteiger partial charge in [-0.05, 0) is 31.6 Å². The smallest absolute Gasteiger partial charge is 0.354 e. The number of halogens is 5. The van der Waals surface area contributed by atoms with Gasteiger partial charge < -0.3 is 14.6 Å². The fourth-order valence-electron chi connectivity index (χ4n) is 3.77. The largest absolute Gasteiger partial charge is 0.449 e. The molecule has 1 aliphatic heterocycles. The van der Waals surface area contributed by atoms with Gasteiger partial charge in [-0.1, -0.05) is 12.2 Å². The molecular formula is C13H15F5O3. The molecule has 0 spiro atoms. The van der Waals surface area contributed by atoms with Gasteiger partial charge in [-0.3, -0.25) is 0 Å². The van der Waals surface area contributed by atoms with Gasteiger partial charge in [0.25, 0.3) is 0 Å². The maximum absolute atomic E-state index is 14.5. The van der Waals surface area contributed by atoms with E-state index in [2.05, 4.69) is 4.74 Å². The molecule has 0 radical (unpaired) electrons. The van der Waals surface area contributed by atoms with E-state index in [0.29, 0.717) is 12.8 Å². The molecule has 8 heteroatoms. The fraction of sp³-hybridized carbons (Fsp3) is 0.846. The standard InChI is InChI=1S/C13H15F5O3/c1-10(9-5-7-2-3-8(9)4-7)11(14,15)12(19,13(16,17)18)21-6-20-10/h2-3,7-9,19H,4-6H2,1H3. The van der Waals surface area contributed by atoms with Crippen LogP contribution in [0.1, 0.15) is 19.8 Å². The number of hydrogen-bond acceptors (Lipinski definition) is 3. The monoisotopic (exact) mass is 314 g/mol. The summed E-state index contributed by atoms with van der Waals surface area (Å²) in [6.07, 6.45) is -1.04.